The Balaban J connectivity index is 2.25. The largest absolute Gasteiger partial charge is 0.375 e. The van der Waals surface area contributed by atoms with Gasteiger partial charge in [0, 0.05) is 26.0 Å². The second kappa shape index (κ2) is 5.77. The van der Waals surface area contributed by atoms with Gasteiger partial charge in [-0.05, 0) is 6.42 Å². The highest BCUT2D eigenvalue weighted by molar-refractivity contribution is 4.97. The molecule has 0 aliphatic carbocycles. The molecule has 0 saturated heterocycles. The van der Waals surface area contributed by atoms with Gasteiger partial charge in [0.25, 0.3) is 6.43 Å². The summed E-state index contributed by atoms with van der Waals surface area (Å²) >= 11 is 0. The van der Waals surface area contributed by atoms with Gasteiger partial charge in [-0.25, -0.2) is 13.8 Å². The van der Waals surface area contributed by atoms with Crippen LogP contribution >= 0.6 is 0 Å². The van der Waals surface area contributed by atoms with Crippen molar-refractivity contribution in [1.82, 2.24) is 9.55 Å². The van der Waals surface area contributed by atoms with Crippen LogP contribution < -0.4 is 5.73 Å². The number of hydrogen-bond acceptors (Lipinski definition) is 3. The number of ether oxygens (including phenoxy) is 1. The molecule has 1 heterocycles. The molecule has 0 radical (unpaired) electrons. The highest BCUT2D eigenvalue weighted by Crippen LogP contribution is 2.10. The molecule has 0 spiro atoms. The Labute approximate surface area is 87.0 Å². The summed E-state index contributed by atoms with van der Waals surface area (Å²) in [6.45, 7) is -0.314. The molecule has 0 aliphatic rings. The predicted octanol–water partition coefficient (Wildman–Crippen LogP) is 1.09. The van der Waals surface area contributed by atoms with E-state index in [1.165, 1.54) is 0 Å². The van der Waals surface area contributed by atoms with Gasteiger partial charge >= 0.3 is 0 Å². The number of nitrogens with two attached hydrogens (primary N) is 1. The monoisotopic (exact) mass is 219 g/mol. The maximum atomic E-state index is 11.7. The minimum absolute atomic E-state index is 0.221. The molecule has 1 aromatic heterocycles. The molecule has 0 aliphatic heterocycles. The van der Waals surface area contributed by atoms with Crippen LogP contribution in [0.3, 0.4) is 0 Å². The predicted molar refractivity (Wildman–Crippen MR) is 51.6 cm³/mol. The normalized spacial score (nSPS) is 13.4. The van der Waals surface area contributed by atoms with Crippen molar-refractivity contribution < 1.29 is 13.5 Å². The Kier molecular flexibility index (Phi) is 4.64. The molecule has 1 unspecified atom stereocenters. The Morgan fingerprint density at radius 2 is 2.33 bits per heavy atom. The van der Waals surface area contributed by atoms with E-state index < -0.39 is 13.0 Å². The fourth-order valence-electron chi connectivity index (χ4n) is 1.25. The van der Waals surface area contributed by atoms with E-state index in [9.17, 15) is 8.78 Å². The first-order valence-electron chi connectivity index (χ1n) is 4.70. The van der Waals surface area contributed by atoms with E-state index in [-0.39, 0.29) is 12.6 Å². The lowest BCUT2D eigenvalue weighted by molar-refractivity contribution is 0.0150. The van der Waals surface area contributed by atoms with Crippen molar-refractivity contribution in [1.29, 1.82) is 0 Å². The van der Waals surface area contributed by atoms with E-state index in [4.69, 9.17) is 10.5 Å². The lowest BCUT2D eigenvalue weighted by Crippen LogP contribution is -2.18. The van der Waals surface area contributed by atoms with Crippen LogP contribution in [0, 0.1) is 0 Å². The molecule has 1 aromatic rings. The van der Waals surface area contributed by atoms with Crippen molar-refractivity contribution in [3.8, 4) is 0 Å². The maximum Gasteiger partial charge on any atom is 0.261 e. The molecule has 1 atom stereocenters. The second-order valence-corrected chi connectivity index (χ2v) is 3.26. The van der Waals surface area contributed by atoms with Gasteiger partial charge in [0.05, 0.1) is 6.04 Å². The van der Waals surface area contributed by atoms with E-state index in [1.54, 1.807) is 17.0 Å². The molecule has 15 heavy (non-hydrogen) atoms. The smallest absolute Gasteiger partial charge is 0.261 e. The first-order chi connectivity index (χ1) is 7.11. The Hall–Kier alpha value is -1.01. The van der Waals surface area contributed by atoms with Gasteiger partial charge in [0.1, 0.15) is 12.4 Å². The third kappa shape index (κ3) is 3.93. The first kappa shape index (κ1) is 12.1. The van der Waals surface area contributed by atoms with Gasteiger partial charge in [0.15, 0.2) is 0 Å². The van der Waals surface area contributed by atoms with Crippen LogP contribution in [-0.4, -0.2) is 29.2 Å². The Bertz CT molecular complexity index is 291. The summed E-state index contributed by atoms with van der Waals surface area (Å²) < 4.78 is 30.0. The van der Waals surface area contributed by atoms with Crippen molar-refractivity contribution >= 4 is 0 Å². The summed E-state index contributed by atoms with van der Waals surface area (Å²) in [6.07, 6.45) is 1.50. The maximum absolute atomic E-state index is 11.7. The highest BCUT2D eigenvalue weighted by Gasteiger charge is 2.11. The molecule has 0 aromatic carbocycles. The van der Waals surface area contributed by atoms with Gasteiger partial charge in [-0.2, -0.15) is 0 Å². The fourth-order valence-corrected chi connectivity index (χ4v) is 1.25. The van der Waals surface area contributed by atoms with Crippen molar-refractivity contribution in [2.24, 2.45) is 12.8 Å². The van der Waals surface area contributed by atoms with Crippen molar-refractivity contribution in [2.45, 2.75) is 18.9 Å². The van der Waals surface area contributed by atoms with Crippen LogP contribution in [0.2, 0.25) is 0 Å². The Morgan fingerprint density at radius 3 is 2.87 bits per heavy atom. The van der Waals surface area contributed by atoms with Crippen LogP contribution in [0.25, 0.3) is 0 Å². The van der Waals surface area contributed by atoms with E-state index >= 15 is 0 Å². The van der Waals surface area contributed by atoms with Crippen molar-refractivity contribution in [2.75, 3.05) is 13.2 Å². The van der Waals surface area contributed by atoms with Gasteiger partial charge in [-0.3, -0.25) is 0 Å². The van der Waals surface area contributed by atoms with Crippen LogP contribution in [0.5, 0.6) is 0 Å². The van der Waals surface area contributed by atoms with Crippen LogP contribution in [0.4, 0.5) is 8.78 Å². The molecule has 86 valence electrons. The van der Waals surface area contributed by atoms with E-state index in [2.05, 4.69) is 4.98 Å². The minimum atomic E-state index is -2.42. The van der Waals surface area contributed by atoms with Crippen LogP contribution in [0.1, 0.15) is 18.3 Å². The summed E-state index contributed by atoms with van der Waals surface area (Å²) in [6, 6.07) is -0.275. The fraction of sp³-hybridized carbons (Fsp3) is 0.667. The number of alkyl halides is 2. The summed E-state index contributed by atoms with van der Waals surface area (Å²) in [5.41, 5.74) is 5.81. The standard InChI is InChI=1S/C9H15F2N3O/c1-14-4-3-13-9(14)7(12)2-5-15-6-8(10)11/h3-4,7-8H,2,5-6,12H2,1H3. The van der Waals surface area contributed by atoms with Gasteiger partial charge in [-0.1, -0.05) is 0 Å². The minimum Gasteiger partial charge on any atom is -0.375 e. The summed E-state index contributed by atoms with van der Waals surface area (Å²) in [4.78, 5) is 4.06. The zero-order valence-electron chi connectivity index (χ0n) is 8.57. The molecule has 0 bridgehead atoms. The highest BCUT2D eigenvalue weighted by atomic mass is 19.3. The van der Waals surface area contributed by atoms with E-state index in [1.807, 2.05) is 7.05 Å². The third-order valence-electron chi connectivity index (χ3n) is 2.01. The molecule has 1 rings (SSSR count). The third-order valence-corrected chi connectivity index (χ3v) is 2.01. The van der Waals surface area contributed by atoms with Gasteiger partial charge in [-0.15, -0.1) is 0 Å². The van der Waals surface area contributed by atoms with Gasteiger partial charge < -0.3 is 15.0 Å². The zero-order chi connectivity index (χ0) is 11.3. The molecular formula is C9H15F2N3O. The summed E-state index contributed by atoms with van der Waals surface area (Å²) in [5, 5.41) is 0. The number of halogens is 2. The van der Waals surface area contributed by atoms with Crippen molar-refractivity contribution in [3.05, 3.63) is 18.2 Å². The topological polar surface area (TPSA) is 53.1 Å². The van der Waals surface area contributed by atoms with Crippen LogP contribution in [0.15, 0.2) is 12.4 Å². The quantitative estimate of drug-likeness (QED) is 0.729. The second-order valence-electron chi connectivity index (χ2n) is 3.26. The lowest BCUT2D eigenvalue weighted by atomic mass is 10.2. The molecular weight excluding hydrogens is 204 g/mol. The summed E-state index contributed by atoms with van der Waals surface area (Å²) in [5.74, 6) is 0.732. The SMILES string of the molecule is Cn1ccnc1C(N)CCOCC(F)F. The molecule has 0 saturated carbocycles. The number of hydrogen-bond donors (Lipinski definition) is 1. The number of nitrogens with zero attached hydrogens (tertiary/aromatic N) is 2. The summed E-state index contributed by atoms with van der Waals surface area (Å²) in [7, 11) is 1.84. The average molecular weight is 219 g/mol. The van der Waals surface area contributed by atoms with Gasteiger partial charge in [0.2, 0.25) is 0 Å². The molecule has 2 N–H and O–H groups in total. The van der Waals surface area contributed by atoms with Crippen LogP contribution in [-0.2, 0) is 11.8 Å². The molecule has 4 nitrogen and oxygen atoms in total. The van der Waals surface area contributed by atoms with E-state index in [0.717, 1.165) is 5.82 Å². The number of aryl methyl sites for hydroxylation is 1. The van der Waals surface area contributed by atoms with E-state index in [0.29, 0.717) is 6.42 Å². The lowest BCUT2D eigenvalue weighted by Gasteiger charge is -2.11. The molecule has 0 amide bonds. The molecule has 0 fully saturated rings. The number of imidazole rings is 1. The molecule has 6 heteroatoms. The number of aromatic nitrogens is 2. The van der Waals surface area contributed by atoms with Crippen molar-refractivity contribution in [3.63, 3.8) is 0 Å². The first-order valence-corrected chi connectivity index (χ1v) is 4.70. The zero-order valence-corrected chi connectivity index (χ0v) is 8.57. The number of rotatable bonds is 6. The Morgan fingerprint density at radius 1 is 1.60 bits per heavy atom. The average Bonchev–Trinajstić information content (AvgIpc) is 2.58.